The van der Waals surface area contributed by atoms with Gasteiger partial charge in [-0.25, -0.2) is 5.48 Å². The Balaban J connectivity index is 1.86. The van der Waals surface area contributed by atoms with Crippen LogP contribution in [-0.4, -0.2) is 52.5 Å². The molecule has 1 aromatic heterocycles. The standard InChI is InChI=1S/C22H24N4O4/c1-13-11-17-12-16(9-10-18(17)25(13)3)14-5-7-15(8-6-14)22(29)26(4)19(20(27)23-2)21(28)24-30/h5-12,19,30H,1-4H3,(H,23,27)(H,24,28). The second kappa shape index (κ2) is 8.38. The molecule has 0 aliphatic carbocycles. The third kappa shape index (κ3) is 3.77. The minimum Gasteiger partial charge on any atom is -0.357 e. The summed E-state index contributed by atoms with van der Waals surface area (Å²) in [6, 6.07) is 13.7. The number of carbonyl (C=O) groups excluding carboxylic acids is 3. The van der Waals surface area contributed by atoms with Gasteiger partial charge in [0.2, 0.25) is 0 Å². The normalized spacial score (nSPS) is 11.8. The summed E-state index contributed by atoms with van der Waals surface area (Å²) in [4.78, 5) is 37.6. The van der Waals surface area contributed by atoms with Crippen LogP contribution in [0.25, 0.3) is 22.0 Å². The fourth-order valence-electron chi connectivity index (χ4n) is 3.46. The predicted molar refractivity (Wildman–Crippen MR) is 113 cm³/mol. The lowest BCUT2D eigenvalue weighted by molar-refractivity contribution is -0.140. The Labute approximate surface area is 174 Å². The number of aryl methyl sites for hydroxylation is 2. The number of rotatable bonds is 5. The van der Waals surface area contributed by atoms with Crippen LogP contribution < -0.4 is 10.8 Å². The fourth-order valence-corrected chi connectivity index (χ4v) is 3.46. The van der Waals surface area contributed by atoms with Crippen molar-refractivity contribution in [1.82, 2.24) is 20.3 Å². The molecule has 3 rings (SSSR count). The molecule has 8 heteroatoms. The molecular weight excluding hydrogens is 384 g/mol. The smallest absolute Gasteiger partial charge is 0.275 e. The predicted octanol–water partition coefficient (Wildman–Crippen LogP) is 1.85. The molecule has 0 aliphatic heterocycles. The summed E-state index contributed by atoms with van der Waals surface area (Å²) in [5.41, 5.74) is 6.01. The van der Waals surface area contributed by atoms with Crippen molar-refractivity contribution >= 4 is 28.6 Å². The topological polar surface area (TPSA) is 104 Å². The van der Waals surface area contributed by atoms with Gasteiger partial charge >= 0.3 is 0 Å². The lowest BCUT2D eigenvalue weighted by Crippen LogP contribution is -2.54. The van der Waals surface area contributed by atoms with Gasteiger partial charge in [0, 0.05) is 43.3 Å². The second-order valence-electron chi connectivity index (χ2n) is 7.10. The zero-order chi connectivity index (χ0) is 22.0. The lowest BCUT2D eigenvalue weighted by atomic mass is 10.0. The fraction of sp³-hybridized carbons (Fsp3) is 0.227. The van der Waals surface area contributed by atoms with Crippen LogP contribution in [0.4, 0.5) is 0 Å². The molecule has 3 N–H and O–H groups in total. The quantitative estimate of drug-likeness (QED) is 0.340. The van der Waals surface area contributed by atoms with Crippen molar-refractivity contribution in [3.8, 4) is 11.1 Å². The largest absolute Gasteiger partial charge is 0.357 e. The average molecular weight is 408 g/mol. The maximum Gasteiger partial charge on any atom is 0.275 e. The molecule has 1 unspecified atom stereocenters. The van der Waals surface area contributed by atoms with Crippen LogP contribution in [-0.2, 0) is 16.6 Å². The number of fused-ring (bicyclic) bond motifs is 1. The van der Waals surface area contributed by atoms with E-state index >= 15 is 0 Å². The van der Waals surface area contributed by atoms with E-state index < -0.39 is 23.8 Å². The van der Waals surface area contributed by atoms with Gasteiger partial charge in [0.15, 0.2) is 6.04 Å². The zero-order valence-corrected chi connectivity index (χ0v) is 17.3. The summed E-state index contributed by atoms with van der Waals surface area (Å²) < 4.78 is 2.13. The van der Waals surface area contributed by atoms with Gasteiger partial charge in [-0.05, 0) is 48.4 Å². The van der Waals surface area contributed by atoms with Gasteiger partial charge in [0.25, 0.3) is 17.7 Å². The van der Waals surface area contributed by atoms with E-state index in [0.717, 1.165) is 26.9 Å². The van der Waals surface area contributed by atoms with Gasteiger partial charge in [0.1, 0.15) is 0 Å². The van der Waals surface area contributed by atoms with E-state index in [1.165, 1.54) is 25.3 Å². The van der Waals surface area contributed by atoms with E-state index in [-0.39, 0.29) is 0 Å². The third-order valence-corrected chi connectivity index (χ3v) is 5.31. The van der Waals surface area contributed by atoms with Crippen molar-refractivity contribution in [2.24, 2.45) is 7.05 Å². The van der Waals surface area contributed by atoms with Crippen molar-refractivity contribution in [1.29, 1.82) is 0 Å². The number of nitrogens with one attached hydrogen (secondary N) is 2. The number of hydrogen-bond donors (Lipinski definition) is 3. The molecule has 0 bridgehead atoms. The van der Waals surface area contributed by atoms with Crippen molar-refractivity contribution in [2.75, 3.05) is 14.1 Å². The molecule has 30 heavy (non-hydrogen) atoms. The number of benzene rings is 2. The Kier molecular flexibility index (Phi) is 5.89. The summed E-state index contributed by atoms with van der Waals surface area (Å²) in [5, 5.41) is 12.3. The van der Waals surface area contributed by atoms with E-state index in [0.29, 0.717) is 5.56 Å². The van der Waals surface area contributed by atoms with E-state index in [2.05, 4.69) is 35.0 Å². The molecule has 0 radical (unpaired) electrons. The first-order chi connectivity index (χ1) is 14.3. The number of likely N-dealkylation sites (N-methyl/N-ethyl adjacent to an activating group) is 2. The van der Waals surface area contributed by atoms with Gasteiger partial charge in [-0.1, -0.05) is 18.2 Å². The first-order valence-corrected chi connectivity index (χ1v) is 9.37. The number of carbonyl (C=O) groups is 3. The number of hydroxylamine groups is 1. The van der Waals surface area contributed by atoms with Crippen molar-refractivity contribution in [3.05, 3.63) is 59.8 Å². The van der Waals surface area contributed by atoms with Crippen LogP contribution in [0.1, 0.15) is 16.1 Å². The Morgan fingerprint density at radius 1 is 1.00 bits per heavy atom. The first-order valence-electron chi connectivity index (χ1n) is 9.37. The molecule has 1 atom stereocenters. The van der Waals surface area contributed by atoms with Gasteiger partial charge in [0.05, 0.1) is 0 Å². The van der Waals surface area contributed by atoms with Crippen molar-refractivity contribution in [3.63, 3.8) is 0 Å². The minimum absolute atomic E-state index is 0.317. The molecule has 2 aromatic carbocycles. The minimum atomic E-state index is -1.49. The van der Waals surface area contributed by atoms with E-state index in [1.807, 2.05) is 25.2 Å². The molecule has 156 valence electrons. The summed E-state index contributed by atoms with van der Waals surface area (Å²) in [5.74, 6) is -2.22. The highest BCUT2D eigenvalue weighted by Gasteiger charge is 2.33. The summed E-state index contributed by atoms with van der Waals surface area (Å²) in [6.45, 7) is 2.06. The van der Waals surface area contributed by atoms with E-state index in [4.69, 9.17) is 5.21 Å². The van der Waals surface area contributed by atoms with Crippen molar-refractivity contribution < 1.29 is 19.6 Å². The molecule has 1 heterocycles. The Hall–Kier alpha value is -3.65. The highest BCUT2D eigenvalue weighted by Crippen LogP contribution is 2.26. The average Bonchev–Trinajstić information content (AvgIpc) is 3.05. The SMILES string of the molecule is CNC(=O)C(C(=O)NO)N(C)C(=O)c1ccc(-c2ccc3c(c2)cc(C)n3C)cc1. The van der Waals surface area contributed by atoms with Gasteiger partial charge in [-0.15, -0.1) is 0 Å². The molecule has 0 fully saturated rings. The zero-order valence-electron chi connectivity index (χ0n) is 17.3. The molecule has 3 amide bonds. The van der Waals surface area contributed by atoms with Crippen LogP contribution >= 0.6 is 0 Å². The van der Waals surface area contributed by atoms with Gasteiger partial charge in [-0.2, -0.15) is 0 Å². The lowest BCUT2D eigenvalue weighted by Gasteiger charge is -2.25. The number of aromatic nitrogens is 1. The van der Waals surface area contributed by atoms with Gasteiger partial charge < -0.3 is 14.8 Å². The van der Waals surface area contributed by atoms with Crippen LogP contribution in [0.3, 0.4) is 0 Å². The summed E-state index contributed by atoms with van der Waals surface area (Å²) in [7, 11) is 4.70. The van der Waals surface area contributed by atoms with Crippen LogP contribution in [0.5, 0.6) is 0 Å². The van der Waals surface area contributed by atoms with Gasteiger partial charge in [-0.3, -0.25) is 19.6 Å². The Morgan fingerprint density at radius 3 is 2.23 bits per heavy atom. The highest BCUT2D eigenvalue weighted by molar-refractivity contribution is 6.08. The molecule has 3 aromatic rings. The number of amides is 3. The summed E-state index contributed by atoms with van der Waals surface area (Å²) in [6.07, 6.45) is 0. The van der Waals surface area contributed by atoms with Crippen LogP contribution in [0, 0.1) is 6.92 Å². The van der Waals surface area contributed by atoms with Crippen molar-refractivity contribution in [2.45, 2.75) is 13.0 Å². The Morgan fingerprint density at radius 2 is 1.63 bits per heavy atom. The van der Waals surface area contributed by atoms with Crippen LogP contribution in [0.2, 0.25) is 0 Å². The molecule has 8 nitrogen and oxygen atoms in total. The maximum atomic E-state index is 12.8. The third-order valence-electron chi connectivity index (χ3n) is 5.31. The molecule has 0 saturated heterocycles. The number of nitrogens with zero attached hydrogens (tertiary/aromatic N) is 2. The summed E-state index contributed by atoms with van der Waals surface area (Å²) >= 11 is 0. The monoisotopic (exact) mass is 408 g/mol. The maximum absolute atomic E-state index is 12.8. The molecule has 0 aliphatic rings. The molecule has 0 spiro atoms. The highest BCUT2D eigenvalue weighted by atomic mass is 16.5. The second-order valence-corrected chi connectivity index (χ2v) is 7.10. The number of hydrogen-bond acceptors (Lipinski definition) is 4. The molecular formula is C22H24N4O4. The molecule has 0 saturated carbocycles. The first kappa shape index (κ1) is 21.1. The van der Waals surface area contributed by atoms with E-state index in [9.17, 15) is 14.4 Å². The van der Waals surface area contributed by atoms with Crippen LogP contribution in [0.15, 0.2) is 48.5 Å². The van der Waals surface area contributed by atoms with E-state index in [1.54, 1.807) is 12.1 Å². The Bertz CT molecular complexity index is 1100.